The van der Waals surface area contributed by atoms with Crippen molar-refractivity contribution in [2.75, 3.05) is 32.3 Å². The zero-order valence-electron chi connectivity index (χ0n) is 49.6. The third kappa shape index (κ3) is 16.7. The quantitative estimate of drug-likeness (QED) is 0.0199. The maximum absolute atomic E-state index is 13.9. The summed E-state index contributed by atoms with van der Waals surface area (Å²) in [5.41, 5.74) is 2.97. The van der Waals surface area contributed by atoms with E-state index in [-0.39, 0.29) is 56.7 Å². The molecule has 0 amide bonds. The van der Waals surface area contributed by atoms with Gasteiger partial charge in [0.1, 0.15) is 79.3 Å². The van der Waals surface area contributed by atoms with Gasteiger partial charge in [-0.3, -0.25) is 14.4 Å². The Hall–Kier alpha value is -5.31. The van der Waals surface area contributed by atoms with Crippen molar-refractivity contribution in [1.82, 2.24) is 0 Å². The number of fused-ring (bicyclic) bond motifs is 2. The minimum absolute atomic E-state index is 0.0162. The second kappa shape index (κ2) is 30.3. The van der Waals surface area contributed by atoms with E-state index in [1.807, 2.05) is 121 Å². The molecule has 20 nitrogen and oxygen atoms in total. The largest absolute Gasteiger partial charge is 0.462 e. The van der Waals surface area contributed by atoms with E-state index in [0.29, 0.717) is 5.56 Å². The van der Waals surface area contributed by atoms with Crippen LogP contribution in [0.15, 0.2) is 134 Å². The van der Waals surface area contributed by atoms with Crippen molar-refractivity contribution in [1.29, 1.82) is 0 Å². The number of carbonyl (C=O) groups excluding carboxylic acids is 4. The highest BCUT2D eigenvalue weighted by molar-refractivity contribution is 6.74. The normalized spacial score (nSPS) is 31.1. The van der Waals surface area contributed by atoms with Crippen LogP contribution in [0.25, 0.3) is 0 Å². The molecule has 22 heteroatoms. The van der Waals surface area contributed by atoms with Gasteiger partial charge in [-0.1, -0.05) is 148 Å². The molecule has 86 heavy (non-hydrogen) atoms. The molecule has 466 valence electrons. The van der Waals surface area contributed by atoms with E-state index in [0.717, 1.165) is 16.7 Å². The smallest absolute Gasteiger partial charge is 0.320 e. The maximum atomic E-state index is 13.9. The number of carbonyl (C=O) groups is 4. The molecule has 0 bridgehead atoms. The standard InChI is InChI=1S/C64H79ClO20Si/c1-9-32-70-61-57(80-48(68)31-30-39(2)66)54(51-46(77-61)37-74-59(81-51)43-26-18-12-19-27-43)84-62-56(73-35-42-24-16-11-17-25-42)53(72-34-41-22-14-10-15-23-41)50(45(78-62)36-71-49(69)33-65)83-63-58(76-40(3)67)55(85-86(7,8)64(4,5)6)52-47(79-63)38-75-60(82-52)44-28-20-13-21-29-44/h9-29,45-47,50-63H,1,30-38H2,2-8H3/t45-,46-,47-,50+,51+,52+,53+,54+,55+,56-,57-,58-,59?,60?,61-,62?,63+/m1/s1. The predicted molar refractivity (Wildman–Crippen MR) is 311 cm³/mol. The molecule has 0 aromatic heterocycles. The van der Waals surface area contributed by atoms with Crippen molar-refractivity contribution in [3.05, 3.63) is 156 Å². The Morgan fingerprint density at radius 1 is 0.581 bits per heavy atom. The number of hydrogen-bond donors (Lipinski definition) is 0. The van der Waals surface area contributed by atoms with Crippen LogP contribution in [0.4, 0.5) is 0 Å². The first kappa shape index (κ1) is 65.1. The Labute approximate surface area is 508 Å². The van der Waals surface area contributed by atoms with E-state index in [9.17, 15) is 19.2 Å². The van der Waals surface area contributed by atoms with Gasteiger partial charge < -0.3 is 80.3 Å². The van der Waals surface area contributed by atoms with Crippen molar-refractivity contribution in [2.45, 2.75) is 184 Å². The minimum atomic E-state index is -2.78. The number of benzene rings is 4. The summed E-state index contributed by atoms with van der Waals surface area (Å²) in [5, 5.41) is -0.336. The average Bonchev–Trinajstić information content (AvgIpc) is 1.02. The lowest BCUT2D eigenvalue weighted by atomic mass is 9.94. The molecule has 0 N–H and O–H groups in total. The summed E-state index contributed by atoms with van der Waals surface area (Å²) in [6.07, 6.45) is -18.8. The van der Waals surface area contributed by atoms with Gasteiger partial charge in [0.2, 0.25) is 0 Å². The number of Topliss-reactive ketones (excluding diaryl/α,β-unsaturated/α-hetero) is 1. The van der Waals surface area contributed by atoms with Crippen LogP contribution < -0.4 is 0 Å². The summed E-state index contributed by atoms with van der Waals surface area (Å²) < 4.78 is 108. The van der Waals surface area contributed by atoms with Gasteiger partial charge in [0.15, 0.2) is 52.0 Å². The van der Waals surface area contributed by atoms with Crippen LogP contribution in [0.1, 0.15) is 82.3 Å². The van der Waals surface area contributed by atoms with Crippen molar-refractivity contribution in [3.63, 3.8) is 0 Å². The van der Waals surface area contributed by atoms with Crippen LogP contribution in [-0.2, 0) is 108 Å². The number of ether oxygens (including phenoxy) is 15. The molecular formula is C64H79ClO20Si. The topological polar surface area (TPSA) is 216 Å². The Morgan fingerprint density at radius 2 is 1.08 bits per heavy atom. The number of esters is 3. The molecule has 17 atom stereocenters. The van der Waals surface area contributed by atoms with Crippen molar-refractivity contribution < 1.29 is 94.7 Å². The number of alkyl halides is 1. The molecule has 4 aromatic rings. The molecule has 0 aliphatic carbocycles. The molecule has 4 aromatic carbocycles. The third-order valence-corrected chi connectivity index (χ3v) is 20.5. The first-order chi connectivity index (χ1) is 41.4. The fourth-order valence-corrected chi connectivity index (χ4v) is 11.9. The van der Waals surface area contributed by atoms with Gasteiger partial charge in [-0.25, -0.2) is 0 Å². The summed E-state index contributed by atoms with van der Waals surface area (Å²) in [5.74, 6) is -2.93. The molecule has 5 aliphatic rings. The zero-order valence-corrected chi connectivity index (χ0v) is 51.3. The first-order valence-electron chi connectivity index (χ1n) is 29.1. The van der Waals surface area contributed by atoms with E-state index in [2.05, 4.69) is 40.4 Å². The number of halogens is 1. The lowest BCUT2D eigenvalue weighted by molar-refractivity contribution is -0.408. The second-order valence-electron chi connectivity index (χ2n) is 23.2. The average molecular weight is 1230 g/mol. The van der Waals surface area contributed by atoms with Crippen molar-refractivity contribution in [3.8, 4) is 0 Å². The van der Waals surface area contributed by atoms with Gasteiger partial charge >= 0.3 is 17.9 Å². The maximum Gasteiger partial charge on any atom is 0.320 e. The third-order valence-electron chi connectivity index (χ3n) is 15.8. The highest BCUT2D eigenvalue weighted by Crippen LogP contribution is 2.45. The van der Waals surface area contributed by atoms with Crippen LogP contribution in [0.3, 0.4) is 0 Å². The van der Waals surface area contributed by atoms with Crippen LogP contribution in [-0.4, -0.2) is 156 Å². The Kier molecular flexibility index (Phi) is 22.9. The Bertz CT molecular complexity index is 2810. The number of rotatable bonds is 25. The molecule has 9 rings (SSSR count). The van der Waals surface area contributed by atoms with Gasteiger partial charge in [-0.2, -0.15) is 0 Å². The van der Waals surface area contributed by atoms with Gasteiger partial charge in [0, 0.05) is 24.5 Å². The van der Waals surface area contributed by atoms with Crippen molar-refractivity contribution >= 4 is 43.6 Å². The van der Waals surface area contributed by atoms with Crippen LogP contribution in [0, 0.1) is 0 Å². The van der Waals surface area contributed by atoms with E-state index < -0.39 is 143 Å². The van der Waals surface area contributed by atoms with Crippen LogP contribution in [0.5, 0.6) is 0 Å². The molecule has 0 radical (unpaired) electrons. The van der Waals surface area contributed by atoms with Gasteiger partial charge in [0.25, 0.3) is 0 Å². The summed E-state index contributed by atoms with van der Waals surface area (Å²) in [4.78, 5) is 53.0. The minimum Gasteiger partial charge on any atom is -0.462 e. The molecule has 0 saturated carbocycles. The van der Waals surface area contributed by atoms with E-state index in [4.69, 9.17) is 87.1 Å². The van der Waals surface area contributed by atoms with Crippen molar-refractivity contribution in [2.24, 2.45) is 0 Å². The lowest BCUT2D eigenvalue weighted by Crippen LogP contribution is -2.69. The Balaban J connectivity index is 1.16. The van der Waals surface area contributed by atoms with E-state index >= 15 is 0 Å². The lowest BCUT2D eigenvalue weighted by Gasteiger charge is -2.53. The first-order valence-corrected chi connectivity index (χ1v) is 32.5. The molecule has 5 saturated heterocycles. The second-order valence-corrected chi connectivity index (χ2v) is 28.2. The zero-order chi connectivity index (χ0) is 61.0. The van der Waals surface area contributed by atoms with Crippen LogP contribution in [0.2, 0.25) is 18.1 Å². The fourth-order valence-electron chi connectivity index (χ4n) is 10.5. The molecule has 5 fully saturated rings. The molecule has 0 spiro atoms. The SMILES string of the molecule is C=CCO[C@@H]1O[C@@H]2COC(c3ccccc3)O[C@@H]2[C@H](OC2O[C@H](COC(=O)CCl)[C@H](O[C@@H]3O[C@@H]4COC(c5ccccc5)O[C@@H]4[C@H](O[Si](C)(C)C(C)(C)C)[C@H]3OC(C)=O)[C@H](OCc3ccccc3)[C@H]2OCc2ccccc2)[C@H]1OC(=O)CCC(C)=O. The highest BCUT2D eigenvalue weighted by atomic mass is 35.5. The van der Waals surface area contributed by atoms with E-state index in [1.54, 1.807) is 0 Å². The summed E-state index contributed by atoms with van der Waals surface area (Å²) in [6.45, 7) is 16.4. The predicted octanol–water partition coefficient (Wildman–Crippen LogP) is 8.92. The molecular weight excluding hydrogens is 1150 g/mol. The molecule has 3 unspecified atom stereocenters. The fraction of sp³-hybridized carbons (Fsp3) is 0.531. The summed E-state index contributed by atoms with van der Waals surface area (Å²) >= 11 is 6.11. The summed E-state index contributed by atoms with van der Waals surface area (Å²) in [6, 6.07) is 37.5. The summed E-state index contributed by atoms with van der Waals surface area (Å²) in [7, 11) is -2.78. The number of hydrogen-bond acceptors (Lipinski definition) is 20. The monoisotopic (exact) mass is 1230 g/mol. The molecule has 5 aliphatic heterocycles. The Morgan fingerprint density at radius 3 is 1.60 bits per heavy atom. The number of ketones is 1. The van der Waals surface area contributed by atoms with Gasteiger partial charge in [-0.15, -0.1) is 18.2 Å². The molecule has 5 heterocycles. The van der Waals surface area contributed by atoms with E-state index in [1.165, 1.54) is 19.9 Å². The highest BCUT2D eigenvalue weighted by Gasteiger charge is 2.60. The van der Waals surface area contributed by atoms with Gasteiger partial charge in [0.05, 0.1) is 39.5 Å². The van der Waals surface area contributed by atoms with Gasteiger partial charge in [-0.05, 0) is 36.2 Å². The van der Waals surface area contributed by atoms with Crippen LogP contribution >= 0.6 is 11.6 Å².